The first-order valence-corrected chi connectivity index (χ1v) is 19.4. The predicted molar refractivity (Wildman–Crippen MR) is 225 cm³/mol. The molecule has 0 aliphatic carbocycles. The molecule has 304 valence electrons. The molecule has 0 unspecified atom stereocenters. The molecule has 7 aromatic rings. The van der Waals surface area contributed by atoms with Crippen LogP contribution in [-0.2, 0) is 48.3 Å². The first-order chi connectivity index (χ1) is 26.4. The summed E-state index contributed by atoms with van der Waals surface area (Å²) >= 11 is 0. The minimum Gasteiger partial charge on any atom is -0.509 e. The third-order valence-electron chi connectivity index (χ3n) is 10.3. The molecule has 0 aliphatic rings. The van der Waals surface area contributed by atoms with Gasteiger partial charge in [-0.05, 0) is 51.2 Å². The Morgan fingerprint density at radius 3 is 1.86 bits per heavy atom. The molecule has 0 saturated carbocycles. The van der Waals surface area contributed by atoms with Crippen molar-refractivity contribution in [1.29, 1.82) is 0 Å². The number of rotatable bonds is 5. The van der Waals surface area contributed by atoms with E-state index in [1.54, 1.807) is 4.57 Å². The van der Waals surface area contributed by atoms with E-state index in [1.807, 2.05) is 47.1 Å². The van der Waals surface area contributed by atoms with Gasteiger partial charge in [0.05, 0.1) is 17.0 Å². The molecule has 58 heavy (non-hydrogen) atoms. The third-order valence-corrected chi connectivity index (χ3v) is 10.3. The van der Waals surface area contributed by atoms with Gasteiger partial charge < -0.3 is 9.30 Å². The summed E-state index contributed by atoms with van der Waals surface area (Å²) in [6.45, 7) is 26.4. The average molecular weight is 875 g/mol. The first-order valence-electron chi connectivity index (χ1n) is 19.4. The third kappa shape index (κ3) is 8.26. The number of hydrogen-bond donors (Lipinski definition) is 0. The quantitative estimate of drug-likeness (QED) is 0.128. The monoisotopic (exact) mass is 874 g/mol. The summed E-state index contributed by atoms with van der Waals surface area (Å²) in [5.74, 6) is 0.995. The SMILES string of the molecule is CC(C)(C)c1ccc(-c2c(C(C)(C)C)nn(-c3[c-]c(Oc4[c-]c5c(cc4)c4ccccc4n5-c4cc(C(F)(F)F)ccn4)cc(C(C)(C)C)c3)c2C(C)(C)C)cc1.[Pd+2]. The van der Waals surface area contributed by atoms with Gasteiger partial charge in [-0.25, -0.2) is 4.98 Å². The Bertz CT molecular complexity index is 2620. The van der Waals surface area contributed by atoms with E-state index < -0.39 is 11.7 Å². The number of para-hydroxylation sites is 1. The van der Waals surface area contributed by atoms with Crippen LogP contribution in [0.4, 0.5) is 13.2 Å². The van der Waals surface area contributed by atoms with Crippen LogP contribution >= 0.6 is 0 Å². The molecule has 4 aromatic carbocycles. The maximum Gasteiger partial charge on any atom is 2.00 e. The van der Waals surface area contributed by atoms with Gasteiger partial charge in [0, 0.05) is 39.6 Å². The van der Waals surface area contributed by atoms with Crippen LogP contribution in [0.25, 0.3) is 44.4 Å². The molecule has 0 spiro atoms. The maximum atomic E-state index is 13.9. The van der Waals surface area contributed by atoms with Crippen molar-refractivity contribution in [1.82, 2.24) is 19.3 Å². The summed E-state index contributed by atoms with van der Waals surface area (Å²) in [6, 6.07) is 33.3. The van der Waals surface area contributed by atoms with Gasteiger partial charge in [-0.3, -0.25) is 4.68 Å². The van der Waals surface area contributed by atoms with Crippen LogP contribution in [0.2, 0.25) is 0 Å². The minimum atomic E-state index is -4.52. The molecule has 0 saturated heterocycles. The van der Waals surface area contributed by atoms with Gasteiger partial charge in [0.1, 0.15) is 5.82 Å². The number of aromatic nitrogens is 4. The van der Waals surface area contributed by atoms with Gasteiger partial charge in [-0.2, -0.15) is 24.3 Å². The minimum absolute atomic E-state index is 0. The Morgan fingerprint density at radius 1 is 0.603 bits per heavy atom. The molecular weight excluding hydrogens is 824 g/mol. The number of benzene rings is 4. The number of hydrogen-bond acceptors (Lipinski definition) is 3. The van der Waals surface area contributed by atoms with Crippen molar-refractivity contribution < 1.29 is 38.3 Å². The molecule has 9 heteroatoms. The molecule has 3 aromatic heterocycles. The van der Waals surface area contributed by atoms with E-state index in [-0.39, 0.29) is 47.9 Å². The summed E-state index contributed by atoms with van der Waals surface area (Å²) in [4.78, 5) is 4.37. The zero-order valence-electron chi connectivity index (χ0n) is 35.3. The van der Waals surface area contributed by atoms with Crippen LogP contribution in [0.1, 0.15) is 111 Å². The van der Waals surface area contributed by atoms with Crippen molar-refractivity contribution in [3.63, 3.8) is 0 Å². The summed E-state index contributed by atoms with van der Waals surface area (Å²) in [7, 11) is 0. The molecule has 0 N–H and O–H groups in total. The smallest absolute Gasteiger partial charge is 0.509 e. The second-order valence-corrected chi connectivity index (χ2v) is 19.1. The van der Waals surface area contributed by atoms with Crippen LogP contribution < -0.4 is 4.74 Å². The summed E-state index contributed by atoms with van der Waals surface area (Å²) in [6.07, 6.45) is -3.33. The van der Waals surface area contributed by atoms with Crippen molar-refractivity contribution >= 4 is 21.8 Å². The number of alkyl halides is 3. The predicted octanol–water partition coefficient (Wildman–Crippen LogP) is 13.6. The number of halogens is 3. The Morgan fingerprint density at radius 2 is 1.26 bits per heavy atom. The van der Waals surface area contributed by atoms with Crippen molar-refractivity contribution in [2.24, 2.45) is 0 Å². The van der Waals surface area contributed by atoms with E-state index in [9.17, 15) is 13.2 Å². The van der Waals surface area contributed by atoms with Crippen LogP contribution in [0.3, 0.4) is 0 Å². The van der Waals surface area contributed by atoms with Gasteiger partial charge in [-0.1, -0.05) is 131 Å². The van der Waals surface area contributed by atoms with Gasteiger partial charge in [0.15, 0.2) is 0 Å². The van der Waals surface area contributed by atoms with E-state index in [4.69, 9.17) is 9.84 Å². The van der Waals surface area contributed by atoms with Gasteiger partial charge in [-0.15, -0.1) is 41.3 Å². The zero-order valence-corrected chi connectivity index (χ0v) is 36.9. The molecule has 0 atom stereocenters. The largest absolute Gasteiger partial charge is 2.00 e. The molecule has 3 heterocycles. The fourth-order valence-corrected chi connectivity index (χ4v) is 7.36. The molecule has 0 amide bonds. The van der Waals surface area contributed by atoms with Crippen molar-refractivity contribution in [2.75, 3.05) is 0 Å². The van der Waals surface area contributed by atoms with Gasteiger partial charge in [0.2, 0.25) is 0 Å². The van der Waals surface area contributed by atoms with Crippen LogP contribution in [-0.4, -0.2) is 19.3 Å². The molecule has 0 aliphatic heterocycles. The number of ether oxygens (including phenoxy) is 1. The Hall–Kier alpha value is -4.71. The van der Waals surface area contributed by atoms with Gasteiger partial charge in [0.25, 0.3) is 0 Å². The van der Waals surface area contributed by atoms with E-state index >= 15 is 0 Å². The second kappa shape index (κ2) is 14.8. The van der Waals surface area contributed by atoms with E-state index in [1.165, 1.54) is 11.8 Å². The summed E-state index contributed by atoms with van der Waals surface area (Å²) in [5, 5.41) is 7.08. The first kappa shape index (κ1) is 42.9. The Labute approximate surface area is 354 Å². The Kier molecular flexibility index (Phi) is 11.0. The van der Waals surface area contributed by atoms with Crippen LogP contribution in [0.5, 0.6) is 11.5 Å². The van der Waals surface area contributed by atoms with E-state index in [0.717, 1.165) is 56.7 Å². The molecule has 0 radical (unpaired) electrons. The topological polar surface area (TPSA) is 44.9 Å². The fourth-order valence-electron chi connectivity index (χ4n) is 7.36. The molecular formula is C49H51F3N4OPd. The zero-order chi connectivity index (χ0) is 41.5. The number of fused-ring (bicyclic) bond motifs is 3. The number of pyridine rings is 1. The molecule has 0 bridgehead atoms. The number of nitrogens with zero attached hydrogens (tertiary/aromatic N) is 4. The van der Waals surface area contributed by atoms with Crippen molar-refractivity contribution in [2.45, 2.75) is 111 Å². The standard InChI is InChI=1S/C49H51F3N4O.Pd/c1-45(2,3)31-19-17-30(18-20-31)42-43(47(7,8)9)54-56(44(42)48(10,11)12)34-25-33(46(4,5)6)26-36(28-34)57-35-21-22-38-37-15-13-14-16-39(37)55(40(38)29-35)41-27-32(23-24-53-41)49(50,51)52;/h13-27H,1-12H3;/q-2;+2. The molecule has 0 fully saturated rings. The van der Waals surface area contributed by atoms with Crippen molar-refractivity contribution in [3.05, 3.63) is 131 Å². The van der Waals surface area contributed by atoms with E-state index in [2.05, 4.69) is 131 Å². The van der Waals surface area contributed by atoms with E-state index in [0.29, 0.717) is 22.5 Å². The fraction of sp³-hybridized carbons (Fsp3) is 0.347. The summed E-state index contributed by atoms with van der Waals surface area (Å²) in [5.41, 5.74) is 6.97. The molecule has 5 nitrogen and oxygen atoms in total. The maximum absolute atomic E-state index is 13.9. The van der Waals surface area contributed by atoms with Crippen molar-refractivity contribution in [3.8, 4) is 34.1 Å². The molecule has 7 rings (SSSR count). The average Bonchev–Trinajstić information content (AvgIpc) is 3.68. The summed E-state index contributed by atoms with van der Waals surface area (Å²) < 4.78 is 51.9. The van der Waals surface area contributed by atoms with Gasteiger partial charge >= 0.3 is 26.6 Å². The normalized spacial score (nSPS) is 12.9. The van der Waals surface area contributed by atoms with Crippen LogP contribution in [0, 0.1) is 12.1 Å². The Balaban J connectivity index is 0.00000567. The second-order valence-electron chi connectivity index (χ2n) is 19.1. The van der Waals surface area contributed by atoms with Crippen LogP contribution in [0.15, 0.2) is 91.1 Å².